The summed E-state index contributed by atoms with van der Waals surface area (Å²) < 4.78 is 14.5. The average molecular weight is 459 g/mol. The second-order valence-electron chi connectivity index (χ2n) is 7.96. The minimum absolute atomic E-state index is 0.0610. The van der Waals surface area contributed by atoms with E-state index in [0.717, 1.165) is 22.2 Å². The van der Waals surface area contributed by atoms with Gasteiger partial charge in [-0.15, -0.1) is 0 Å². The summed E-state index contributed by atoms with van der Waals surface area (Å²) in [5, 5.41) is 9.97. The number of allylic oxidation sites excluding steroid dienone is 1. The Kier molecular flexibility index (Phi) is 6.54. The third-order valence-corrected chi connectivity index (χ3v) is 5.68. The molecule has 4 aromatic rings. The Morgan fingerprint density at radius 3 is 2.62 bits per heavy atom. The van der Waals surface area contributed by atoms with E-state index in [1.165, 1.54) is 6.92 Å². The number of carbonyl (C=O) groups excluding carboxylic acids is 1. The highest BCUT2D eigenvalue weighted by Gasteiger charge is 2.18. The summed E-state index contributed by atoms with van der Waals surface area (Å²) in [7, 11) is 3.51. The molecule has 4 rings (SSSR count). The van der Waals surface area contributed by atoms with Crippen LogP contribution < -0.4 is 9.47 Å². The van der Waals surface area contributed by atoms with Gasteiger partial charge in [-0.05, 0) is 61.0 Å². The van der Waals surface area contributed by atoms with Crippen LogP contribution in [0.15, 0.2) is 72.9 Å². The Morgan fingerprint density at radius 2 is 1.85 bits per heavy atom. The molecule has 0 fully saturated rings. The second-order valence-corrected chi connectivity index (χ2v) is 7.96. The van der Waals surface area contributed by atoms with E-state index >= 15 is 0 Å². The van der Waals surface area contributed by atoms with Crippen molar-refractivity contribution in [3.63, 3.8) is 0 Å². The standard InChI is InChI=1S/C27H26N2O5/c1-18(27(31)32)34-22-9-4-7-19(15-22)8-5-13-29-14-6-10-24(29)26(30)25-17-20-16-21(33-3)11-12-23(20)28(25)2/h4-12,14-18H,13H2,1-3H3,(H,31,32)/t18-/m0/s1. The van der Waals surface area contributed by atoms with Crippen molar-refractivity contribution < 1.29 is 24.2 Å². The molecular weight excluding hydrogens is 432 g/mol. The van der Waals surface area contributed by atoms with Gasteiger partial charge in [-0.2, -0.15) is 0 Å². The number of carboxylic acid groups (broad SMARTS) is 1. The smallest absolute Gasteiger partial charge is 0.344 e. The number of aryl methyl sites for hydroxylation is 1. The van der Waals surface area contributed by atoms with Crippen LogP contribution in [0, 0.1) is 0 Å². The number of hydrogen-bond donors (Lipinski definition) is 1. The Balaban J connectivity index is 1.51. The molecular formula is C27H26N2O5. The first-order valence-electron chi connectivity index (χ1n) is 10.9. The Hall–Kier alpha value is -4.26. The summed E-state index contributed by atoms with van der Waals surface area (Å²) in [4.78, 5) is 24.4. The SMILES string of the molecule is COc1ccc2c(c1)cc(C(=O)c1cccn1CC=Cc1cccc(O[C@@H](C)C(=O)O)c1)n2C. The van der Waals surface area contributed by atoms with Gasteiger partial charge in [0.25, 0.3) is 0 Å². The van der Waals surface area contributed by atoms with Gasteiger partial charge < -0.3 is 23.7 Å². The summed E-state index contributed by atoms with van der Waals surface area (Å²) in [6.07, 6.45) is 4.80. The lowest BCUT2D eigenvalue weighted by Gasteiger charge is -2.10. The fourth-order valence-corrected chi connectivity index (χ4v) is 3.83. The van der Waals surface area contributed by atoms with Crippen molar-refractivity contribution in [1.82, 2.24) is 9.13 Å². The zero-order valence-corrected chi connectivity index (χ0v) is 19.3. The molecule has 0 saturated heterocycles. The quantitative estimate of drug-likeness (QED) is 0.365. The molecule has 2 aromatic heterocycles. The van der Waals surface area contributed by atoms with E-state index in [1.54, 1.807) is 19.2 Å². The maximum absolute atomic E-state index is 13.3. The highest BCUT2D eigenvalue weighted by Crippen LogP contribution is 2.25. The number of fused-ring (bicyclic) bond motifs is 1. The van der Waals surface area contributed by atoms with Crippen LogP contribution in [-0.4, -0.2) is 39.2 Å². The van der Waals surface area contributed by atoms with Gasteiger partial charge in [0.05, 0.1) is 18.5 Å². The lowest BCUT2D eigenvalue weighted by molar-refractivity contribution is -0.144. The molecule has 174 valence electrons. The maximum Gasteiger partial charge on any atom is 0.344 e. The molecule has 7 nitrogen and oxygen atoms in total. The molecule has 1 N–H and O–H groups in total. The lowest BCUT2D eigenvalue weighted by Crippen LogP contribution is -2.22. The molecule has 0 aliphatic rings. The lowest BCUT2D eigenvalue weighted by atomic mass is 10.2. The zero-order chi connectivity index (χ0) is 24.2. The second kappa shape index (κ2) is 9.70. The number of carboxylic acids is 1. The number of benzene rings is 2. The van der Waals surface area contributed by atoms with E-state index < -0.39 is 12.1 Å². The van der Waals surface area contributed by atoms with Crippen LogP contribution in [0.25, 0.3) is 17.0 Å². The van der Waals surface area contributed by atoms with Gasteiger partial charge in [0.2, 0.25) is 5.78 Å². The number of nitrogens with zero attached hydrogens (tertiary/aromatic N) is 2. The zero-order valence-electron chi connectivity index (χ0n) is 19.3. The largest absolute Gasteiger partial charge is 0.497 e. The average Bonchev–Trinajstić information content (AvgIpc) is 3.43. The predicted octanol–water partition coefficient (Wildman–Crippen LogP) is 4.78. The Morgan fingerprint density at radius 1 is 1.03 bits per heavy atom. The Bertz CT molecular complexity index is 1380. The number of ether oxygens (including phenoxy) is 2. The van der Waals surface area contributed by atoms with Gasteiger partial charge in [-0.3, -0.25) is 4.79 Å². The van der Waals surface area contributed by atoms with Crippen molar-refractivity contribution in [3.05, 3.63) is 89.9 Å². The predicted molar refractivity (Wildman–Crippen MR) is 131 cm³/mol. The van der Waals surface area contributed by atoms with Gasteiger partial charge in [-0.1, -0.05) is 24.3 Å². The minimum Gasteiger partial charge on any atom is -0.497 e. The third-order valence-electron chi connectivity index (χ3n) is 5.68. The van der Waals surface area contributed by atoms with E-state index in [9.17, 15) is 9.59 Å². The molecule has 34 heavy (non-hydrogen) atoms. The van der Waals surface area contributed by atoms with E-state index in [2.05, 4.69) is 0 Å². The molecule has 0 saturated carbocycles. The van der Waals surface area contributed by atoms with Crippen molar-refractivity contribution in [3.8, 4) is 11.5 Å². The van der Waals surface area contributed by atoms with Crippen LogP contribution in [-0.2, 0) is 18.4 Å². The monoisotopic (exact) mass is 458 g/mol. The normalized spacial score (nSPS) is 12.2. The number of methoxy groups -OCH3 is 1. The van der Waals surface area contributed by atoms with Gasteiger partial charge in [-0.25, -0.2) is 4.79 Å². The summed E-state index contributed by atoms with van der Waals surface area (Å²) >= 11 is 0. The van der Waals surface area contributed by atoms with E-state index in [-0.39, 0.29) is 5.78 Å². The summed E-state index contributed by atoms with van der Waals surface area (Å²) in [6.45, 7) is 1.99. The molecule has 7 heteroatoms. The number of rotatable bonds is 9. The maximum atomic E-state index is 13.3. The summed E-state index contributed by atoms with van der Waals surface area (Å²) in [5.74, 6) is 0.156. The van der Waals surface area contributed by atoms with Crippen molar-refractivity contribution in [2.75, 3.05) is 7.11 Å². The molecule has 2 heterocycles. The minimum atomic E-state index is -1.02. The first-order valence-corrected chi connectivity index (χ1v) is 10.9. The van der Waals surface area contributed by atoms with Crippen molar-refractivity contribution in [1.29, 1.82) is 0 Å². The van der Waals surface area contributed by atoms with Gasteiger partial charge in [0.1, 0.15) is 11.5 Å². The highest BCUT2D eigenvalue weighted by molar-refractivity contribution is 6.09. The molecule has 0 radical (unpaired) electrons. The van der Waals surface area contributed by atoms with Crippen LogP contribution in [0.3, 0.4) is 0 Å². The van der Waals surface area contributed by atoms with Crippen LogP contribution in [0.5, 0.6) is 11.5 Å². The Labute approximate surface area is 197 Å². The van der Waals surface area contributed by atoms with E-state index in [4.69, 9.17) is 14.6 Å². The molecule has 0 unspecified atom stereocenters. The number of carbonyl (C=O) groups is 2. The fourth-order valence-electron chi connectivity index (χ4n) is 3.83. The fraction of sp³-hybridized carbons (Fsp3) is 0.185. The van der Waals surface area contributed by atoms with Crippen molar-refractivity contribution >= 4 is 28.7 Å². The first-order chi connectivity index (χ1) is 16.4. The highest BCUT2D eigenvalue weighted by atomic mass is 16.5. The van der Waals surface area contributed by atoms with Crippen LogP contribution in [0.1, 0.15) is 28.7 Å². The molecule has 0 aliphatic heterocycles. The van der Waals surface area contributed by atoms with E-state index in [0.29, 0.717) is 23.7 Å². The molecule has 0 amide bonds. The molecule has 0 bridgehead atoms. The van der Waals surface area contributed by atoms with Crippen molar-refractivity contribution in [2.45, 2.75) is 19.6 Å². The number of hydrogen-bond acceptors (Lipinski definition) is 4. The first kappa shape index (κ1) is 22.9. The van der Waals surface area contributed by atoms with Crippen LogP contribution in [0.2, 0.25) is 0 Å². The van der Waals surface area contributed by atoms with Gasteiger partial charge in [0, 0.05) is 30.7 Å². The molecule has 0 spiro atoms. The van der Waals surface area contributed by atoms with Crippen LogP contribution >= 0.6 is 0 Å². The number of aromatic nitrogens is 2. The summed E-state index contributed by atoms with van der Waals surface area (Å²) in [6, 6.07) is 18.5. The topological polar surface area (TPSA) is 82.7 Å². The van der Waals surface area contributed by atoms with Gasteiger partial charge in [0.15, 0.2) is 6.10 Å². The van der Waals surface area contributed by atoms with Gasteiger partial charge >= 0.3 is 5.97 Å². The molecule has 1 atom stereocenters. The number of ketones is 1. The number of aliphatic carboxylic acids is 1. The van der Waals surface area contributed by atoms with Crippen molar-refractivity contribution in [2.24, 2.45) is 7.05 Å². The van der Waals surface area contributed by atoms with Crippen LogP contribution in [0.4, 0.5) is 0 Å². The molecule has 2 aromatic carbocycles. The summed E-state index contributed by atoms with van der Waals surface area (Å²) in [5.41, 5.74) is 3.03. The molecule has 0 aliphatic carbocycles. The third kappa shape index (κ3) is 4.73. The van der Waals surface area contributed by atoms with E-state index in [1.807, 2.05) is 83.1 Å².